The SMILES string of the molecule is CN(C(=O)[C@@H]1CC[C@H](NC(=O)O)C1)C(c1ccc(N[C@H]2Cc3ccccc3C2(C)C)cn1)C(F)(F)F. The van der Waals surface area contributed by atoms with E-state index in [4.69, 9.17) is 5.11 Å². The lowest BCUT2D eigenvalue weighted by Gasteiger charge is -2.32. The van der Waals surface area contributed by atoms with Crippen molar-refractivity contribution in [2.24, 2.45) is 5.92 Å². The number of carboxylic acid groups (broad SMARTS) is 1. The number of nitrogens with one attached hydrogen (secondary N) is 2. The van der Waals surface area contributed by atoms with E-state index >= 15 is 0 Å². The zero-order valence-corrected chi connectivity index (χ0v) is 20.5. The van der Waals surface area contributed by atoms with Gasteiger partial charge in [0.2, 0.25) is 5.91 Å². The Bertz CT molecular complexity index is 1120. The fourth-order valence-corrected chi connectivity index (χ4v) is 5.59. The highest BCUT2D eigenvalue weighted by Gasteiger charge is 2.48. The van der Waals surface area contributed by atoms with Gasteiger partial charge in [0.25, 0.3) is 0 Å². The summed E-state index contributed by atoms with van der Waals surface area (Å²) in [5, 5.41) is 14.6. The number of hydrogen-bond donors (Lipinski definition) is 3. The second kappa shape index (κ2) is 9.63. The van der Waals surface area contributed by atoms with Crippen LogP contribution in [0.4, 0.5) is 23.7 Å². The average Bonchev–Trinajstić information content (AvgIpc) is 3.35. The van der Waals surface area contributed by atoms with E-state index < -0.39 is 36.2 Å². The molecule has 1 heterocycles. The van der Waals surface area contributed by atoms with Crippen LogP contribution < -0.4 is 10.6 Å². The average molecular weight is 505 g/mol. The summed E-state index contributed by atoms with van der Waals surface area (Å²) in [7, 11) is 1.13. The molecule has 0 saturated heterocycles. The van der Waals surface area contributed by atoms with Crippen LogP contribution in [0, 0.1) is 5.92 Å². The number of carbonyl (C=O) groups is 2. The molecule has 194 valence electrons. The zero-order chi connectivity index (χ0) is 26.3. The van der Waals surface area contributed by atoms with Gasteiger partial charge in [0.1, 0.15) is 0 Å². The van der Waals surface area contributed by atoms with Gasteiger partial charge in [0, 0.05) is 30.5 Å². The van der Waals surface area contributed by atoms with Crippen molar-refractivity contribution in [3.8, 4) is 0 Å². The van der Waals surface area contributed by atoms with Crippen LogP contribution in [0.25, 0.3) is 0 Å². The van der Waals surface area contributed by atoms with Gasteiger partial charge in [-0.1, -0.05) is 38.1 Å². The number of carbonyl (C=O) groups excluding carboxylic acids is 1. The number of halogens is 3. The summed E-state index contributed by atoms with van der Waals surface area (Å²) < 4.78 is 42.3. The number of rotatable bonds is 6. The summed E-state index contributed by atoms with van der Waals surface area (Å²) >= 11 is 0. The lowest BCUT2D eigenvalue weighted by atomic mass is 9.83. The van der Waals surface area contributed by atoms with Gasteiger partial charge in [-0.2, -0.15) is 13.2 Å². The van der Waals surface area contributed by atoms with Crippen molar-refractivity contribution in [2.75, 3.05) is 12.4 Å². The van der Waals surface area contributed by atoms with Crippen LogP contribution in [-0.2, 0) is 16.6 Å². The van der Waals surface area contributed by atoms with Crippen molar-refractivity contribution >= 4 is 17.7 Å². The van der Waals surface area contributed by atoms with Gasteiger partial charge in [-0.3, -0.25) is 9.78 Å². The molecule has 0 aliphatic heterocycles. The minimum absolute atomic E-state index is 0.0555. The third-order valence-corrected chi connectivity index (χ3v) is 7.57. The number of aromatic nitrogens is 1. The van der Waals surface area contributed by atoms with Crippen LogP contribution in [0.5, 0.6) is 0 Å². The summed E-state index contributed by atoms with van der Waals surface area (Å²) in [5.74, 6) is -1.34. The van der Waals surface area contributed by atoms with Crippen LogP contribution in [-0.4, -0.2) is 52.3 Å². The number of nitrogens with zero attached hydrogens (tertiary/aromatic N) is 2. The summed E-state index contributed by atoms with van der Waals surface area (Å²) in [5.41, 5.74) is 2.67. The number of fused-ring (bicyclic) bond motifs is 1. The van der Waals surface area contributed by atoms with Crippen LogP contribution in [0.2, 0.25) is 0 Å². The molecular formula is C26H31F3N4O3. The molecule has 1 aromatic heterocycles. The molecule has 36 heavy (non-hydrogen) atoms. The standard InChI is InChI=1S/C26H31F3N4O3/c1-25(2)19-7-5-4-6-15(19)13-21(25)31-18-10-11-20(30-14-18)22(26(27,28)29)33(3)23(34)16-8-9-17(12-16)32-24(35)36/h4-7,10-11,14,16-17,21-22,31-32H,8-9,12-13H2,1-3H3,(H,35,36)/t16-,17+,21+,22?/m1/s1. The molecule has 4 rings (SSSR count). The third-order valence-electron chi connectivity index (χ3n) is 7.57. The predicted octanol–water partition coefficient (Wildman–Crippen LogP) is 4.89. The molecular weight excluding hydrogens is 473 g/mol. The molecule has 3 N–H and O–H groups in total. The van der Waals surface area contributed by atoms with Crippen molar-refractivity contribution < 1.29 is 27.9 Å². The maximum Gasteiger partial charge on any atom is 0.414 e. The minimum Gasteiger partial charge on any atom is -0.465 e. The third kappa shape index (κ3) is 5.12. The summed E-state index contributed by atoms with van der Waals surface area (Å²) in [4.78, 5) is 28.6. The van der Waals surface area contributed by atoms with E-state index in [9.17, 15) is 22.8 Å². The number of anilines is 1. The van der Waals surface area contributed by atoms with Gasteiger partial charge in [0.05, 0.1) is 17.6 Å². The Morgan fingerprint density at radius 1 is 1.17 bits per heavy atom. The molecule has 7 nitrogen and oxygen atoms in total. The summed E-state index contributed by atoms with van der Waals surface area (Å²) in [6.07, 6.45) is -2.84. The number of amides is 2. The predicted molar refractivity (Wildman–Crippen MR) is 129 cm³/mol. The van der Waals surface area contributed by atoms with Crippen molar-refractivity contribution in [2.45, 2.75) is 69.2 Å². The number of benzene rings is 1. The maximum absolute atomic E-state index is 14.1. The van der Waals surface area contributed by atoms with Crippen LogP contribution >= 0.6 is 0 Å². The highest BCUT2D eigenvalue weighted by atomic mass is 19.4. The van der Waals surface area contributed by atoms with Crippen molar-refractivity contribution in [3.63, 3.8) is 0 Å². The van der Waals surface area contributed by atoms with E-state index in [-0.39, 0.29) is 23.6 Å². The number of hydrogen-bond acceptors (Lipinski definition) is 4. The highest BCUT2D eigenvalue weighted by Crippen LogP contribution is 2.41. The van der Waals surface area contributed by atoms with E-state index in [0.717, 1.165) is 13.5 Å². The zero-order valence-electron chi connectivity index (χ0n) is 20.5. The van der Waals surface area contributed by atoms with E-state index in [0.29, 0.717) is 23.4 Å². The smallest absolute Gasteiger partial charge is 0.414 e. The summed E-state index contributed by atoms with van der Waals surface area (Å²) in [6, 6.07) is 8.49. The van der Waals surface area contributed by atoms with Crippen LogP contribution in [0.3, 0.4) is 0 Å². The monoisotopic (exact) mass is 504 g/mol. The topological polar surface area (TPSA) is 94.6 Å². The molecule has 1 saturated carbocycles. The van der Waals surface area contributed by atoms with Gasteiger partial charge >= 0.3 is 12.3 Å². The lowest BCUT2D eigenvalue weighted by Crippen LogP contribution is -2.43. The van der Waals surface area contributed by atoms with Crippen LogP contribution in [0.1, 0.15) is 56.0 Å². The second-order valence-corrected chi connectivity index (χ2v) is 10.3. The fraction of sp³-hybridized carbons (Fsp3) is 0.500. The van der Waals surface area contributed by atoms with Gasteiger partial charge in [-0.25, -0.2) is 4.79 Å². The van der Waals surface area contributed by atoms with Crippen molar-refractivity contribution in [1.29, 1.82) is 0 Å². The van der Waals surface area contributed by atoms with Crippen molar-refractivity contribution in [3.05, 3.63) is 59.4 Å². The molecule has 4 atom stereocenters. The molecule has 1 unspecified atom stereocenters. The van der Waals surface area contributed by atoms with E-state index in [1.54, 1.807) is 6.07 Å². The van der Waals surface area contributed by atoms with Gasteiger partial charge in [0.15, 0.2) is 6.04 Å². The number of alkyl halides is 3. The Hall–Kier alpha value is -3.30. The Labute approximate surface area is 208 Å². The lowest BCUT2D eigenvalue weighted by molar-refractivity contribution is -0.191. The molecule has 0 radical (unpaired) electrons. The molecule has 0 spiro atoms. The first-order valence-corrected chi connectivity index (χ1v) is 12.0. The van der Waals surface area contributed by atoms with Crippen molar-refractivity contribution in [1.82, 2.24) is 15.2 Å². The van der Waals surface area contributed by atoms with Gasteiger partial charge in [-0.05, 0) is 48.9 Å². The van der Waals surface area contributed by atoms with Crippen LogP contribution in [0.15, 0.2) is 42.6 Å². The molecule has 2 amide bonds. The quantitative estimate of drug-likeness (QED) is 0.521. The first kappa shape index (κ1) is 25.8. The first-order chi connectivity index (χ1) is 16.9. The Morgan fingerprint density at radius 2 is 1.89 bits per heavy atom. The first-order valence-electron chi connectivity index (χ1n) is 12.0. The van der Waals surface area contributed by atoms with E-state index in [2.05, 4.69) is 41.6 Å². The Balaban J connectivity index is 1.48. The van der Waals surface area contributed by atoms with E-state index in [1.165, 1.54) is 23.4 Å². The maximum atomic E-state index is 14.1. The molecule has 2 aliphatic carbocycles. The molecule has 0 bridgehead atoms. The molecule has 10 heteroatoms. The molecule has 2 aliphatic rings. The van der Waals surface area contributed by atoms with Gasteiger partial charge in [-0.15, -0.1) is 0 Å². The second-order valence-electron chi connectivity index (χ2n) is 10.3. The molecule has 1 aromatic carbocycles. The Morgan fingerprint density at radius 3 is 2.50 bits per heavy atom. The highest BCUT2D eigenvalue weighted by molar-refractivity contribution is 5.79. The largest absolute Gasteiger partial charge is 0.465 e. The normalized spacial score (nSPS) is 23.6. The fourth-order valence-electron chi connectivity index (χ4n) is 5.59. The molecule has 1 fully saturated rings. The van der Waals surface area contributed by atoms with E-state index in [1.807, 2.05) is 12.1 Å². The molecule has 2 aromatic rings. The number of pyridine rings is 1. The summed E-state index contributed by atoms with van der Waals surface area (Å²) in [6.45, 7) is 4.27. The Kier molecular flexibility index (Phi) is 6.90. The van der Waals surface area contributed by atoms with Gasteiger partial charge < -0.3 is 20.6 Å². The minimum atomic E-state index is -4.72.